The first-order chi connectivity index (χ1) is 8.38. The lowest BCUT2D eigenvalue weighted by atomic mass is 10.2. The van der Waals surface area contributed by atoms with E-state index in [0.717, 1.165) is 37.1 Å². The molecule has 0 atom stereocenters. The van der Waals surface area contributed by atoms with Crippen LogP contribution in [-0.2, 0) is 4.79 Å². The molecule has 1 rings (SSSR count). The Morgan fingerprint density at radius 3 is 2.76 bits per heavy atom. The maximum atomic E-state index is 10.2. The fourth-order valence-electron chi connectivity index (χ4n) is 1.33. The fourth-order valence-corrected chi connectivity index (χ4v) is 1.33. The van der Waals surface area contributed by atoms with Gasteiger partial charge in [-0.3, -0.25) is 9.79 Å². The molecule has 0 heterocycles. The lowest BCUT2D eigenvalue weighted by Crippen LogP contribution is -2.19. The monoisotopic (exact) mass is 230 g/mol. The van der Waals surface area contributed by atoms with E-state index in [1.165, 1.54) is 6.08 Å². The summed E-state index contributed by atoms with van der Waals surface area (Å²) in [6.45, 7) is 2.93. The van der Waals surface area contributed by atoms with Crippen molar-refractivity contribution in [2.45, 2.75) is 19.8 Å². The highest BCUT2D eigenvalue weighted by atomic mass is 16.1. The minimum atomic E-state index is 0.738. The summed E-state index contributed by atoms with van der Waals surface area (Å²) in [5.74, 6) is 0.803. The van der Waals surface area contributed by atoms with E-state index in [1.54, 1.807) is 6.20 Å². The third-order valence-electron chi connectivity index (χ3n) is 2.22. The summed E-state index contributed by atoms with van der Waals surface area (Å²) in [7, 11) is 0. The molecule has 3 nitrogen and oxygen atoms in total. The molecular formula is C14H18N2O. The van der Waals surface area contributed by atoms with Crippen LogP contribution < -0.4 is 5.32 Å². The van der Waals surface area contributed by atoms with Crippen LogP contribution in [0, 0.1) is 0 Å². The van der Waals surface area contributed by atoms with Crippen molar-refractivity contribution in [1.82, 2.24) is 5.32 Å². The van der Waals surface area contributed by atoms with Gasteiger partial charge in [-0.25, -0.2) is 0 Å². The first-order valence-electron chi connectivity index (χ1n) is 5.85. The van der Waals surface area contributed by atoms with Crippen molar-refractivity contribution >= 4 is 12.1 Å². The Morgan fingerprint density at radius 1 is 1.35 bits per heavy atom. The number of rotatable bonds is 6. The molecule has 0 aliphatic rings. The summed E-state index contributed by atoms with van der Waals surface area (Å²) in [5, 5.41) is 3.03. The zero-order chi connectivity index (χ0) is 12.3. The maximum absolute atomic E-state index is 10.2. The second-order valence-corrected chi connectivity index (χ2v) is 3.59. The normalized spacial score (nSPS) is 11.7. The molecular weight excluding hydrogens is 212 g/mol. The van der Waals surface area contributed by atoms with Gasteiger partial charge in [-0.05, 0) is 12.5 Å². The lowest BCUT2D eigenvalue weighted by molar-refractivity contribution is -0.104. The van der Waals surface area contributed by atoms with E-state index in [-0.39, 0.29) is 0 Å². The molecule has 0 aliphatic heterocycles. The van der Waals surface area contributed by atoms with Gasteiger partial charge in [-0.2, -0.15) is 0 Å². The molecule has 0 saturated heterocycles. The van der Waals surface area contributed by atoms with Crippen LogP contribution in [0.1, 0.15) is 25.3 Å². The molecule has 0 amide bonds. The number of hydrogen-bond donors (Lipinski definition) is 1. The summed E-state index contributed by atoms with van der Waals surface area (Å²) < 4.78 is 0. The molecule has 0 spiro atoms. The average Bonchev–Trinajstić information content (AvgIpc) is 2.38. The number of aldehydes is 1. The number of carbonyl (C=O) groups is 1. The van der Waals surface area contributed by atoms with Gasteiger partial charge in [0.15, 0.2) is 0 Å². The quantitative estimate of drug-likeness (QED) is 0.268. The molecule has 90 valence electrons. The maximum Gasteiger partial charge on any atom is 0.144 e. The van der Waals surface area contributed by atoms with Gasteiger partial charge in [0.1, 0.15) is 12.1 Å². The van der Waals surface area contributed by atoms with Crippen molar-refractivity contribution < 1.29 is 4.79 Å². The average molecular weight is 230 g/mol. The number of nitrogens with zero attached hydrogens (tertiary/aromatic N) is 1. The molecule has 0 bridgehead atoms. The number of hydrogen-bond acceptors (Lipinski definition) is 2. The van der Waals surface area contributed by atoms with Crippen molar-refractivity contribution in [3.8, 4) is 0 Å². The number of benzene rings is 1. The lowest BCUT2D eigenvalue weighted by Gasteiger charge is -2.06. The molecule has 1 aromatic rings. The third kappa shape index (κ3) is 5.11. The molecule has 0 saturated carbocycles. The molecule has 0 fully saturated rings. The van der Waals surface area contributed by atoms with Crippen molar-refractivity contribution in [3.05, 3.63) is 48.2 Å². The SMILES string of the molecule is CCCCN=C(N/C=C/C=O)c1ccccc1. The molecule has 0 unspecified atom stereocenters. The summed E-state index contributed by atoms with van der Waals surface area (Å²) >= 11 is 0. The fraction of sp³-hybridized carbons (Fsp3) is 0.286. The highest BCUT2D eigenvalue weighted by Crippen LogP contribution is 2.00. The van der Waals surface area contributed by atoms with Crippen LogP contribution in [0.25, 0.3) is 0 Å². The van der Waals surface area contributed by atoms with Crippen LogP contribution >= 0.6 is 0 Å². The van der Waals surface area contributed by atoms with E-state index < -0.39 is 0 Å². The Kier molecular flexibility index (Phi) is 6.41. The molecule has 0 radical (unpaired) electrons. The Hall–Kier alpha value is -1.90. The second kappa shape index (κ2) is 8.28. The van der Waals surface area contributed by atoms with Crippen molar-refractivity contribution in [2.75, 3.05) is 6.54 Å². The number of amidine groups is 1. The number of nitrogens with one attached hydrogen (secondary N) is 1. The molecule has 3 heteroatoms. The van der Waals surface area contributed by atoms with Crippen LogP contribution in [0.3, 0.4) is 0 Å². The summed E-state index contributed by atoms with van der Waals surface area (Å²) in [6.07, 6.45) is 5.94. The Labute approximate surface area is 102 Å². The van der Waals surface area contributed by atoms with Gasteiger partial charge in [-0.1, -0.05) is 43.7 Å². The topological polar surface area (TPSA) is 41.5 Å². The summed E-state index contributed by atoms with van der Waals surface area (Å²) in [4.78, 5) is 14.7. The molecule has 17 heavy (non-hydrogen) atoms. The van der Waals surface area contributed by atoms with E-state index in [0.29, 0.717) is 0 Å². The van der Waals surface area contributed by atoms with Gasteiger partial charge < -0.3 is 5.32 Å². The van der Waals surface area contributed by atoms with E-state index in [4.69, 9.17) is 0 Å². The largest absolute Gasteiger partial charge is 0.346 e. The minimum Gasteiger partial charge on any atom is -0.346 e. The van der Waals surface area contributed by atoms with Gasteiger partial charge in [0.2, 0.25) is 0 Å². The Bertz CT molecular complexity index is 382. The summed E-state index contributed by atoms with van der Waals surface area (Å²) in [5.41, 5.74) is 1.03. The van der Waals surface area contributed by atoms with Crippen molar-refractivity contribution in [1.29, 1.82) is 0 Å². The van der Waals surface area contributed by atoms with Gasteiger partial charge in [0.05, 0.1) is 0 Å². The third-order valence-corrected chi connectivity index (χ3v) is 2.22. The zero-order valence-electron chi connectivity index (χ0n) is 10.1. The van der Waals surface area contributed by atoms with Crippen molar-refractivity contribution in [3.63, 3.8) is 0 Å². The predicted octanol–water partition coefficient (Wildman–Crippen LogP) is 2.54. The van der Waals surface area contributed by atoms with Crippen LogP contribution in [0.4, 0.5) is 0 Å². The van der Waals surface area contributed by atoms with E-state index in [1.807, 2.05) is 30.3 Å². The van der Waals surface area contributed by atoms with Gasteiger partial charge >= 0.3 is 0 Å². The second-order valence-electron chi connectivity index (χ2n) is 3.59. The van der Waals surface area contributed by atoms with E-state index >= 15 is 0 Å². The van der Waals surface area contributed by atoms with E-state index in [9.17, 15) is 4.79 Å². The van der Waals surface area contributed by atoms with Crippen LogP contribution in [0.2, 0.25) is 0 Å². The zero-order valence-corrected chi connectivity index (χ0v) is 10.1. The minimum absolute atomic E-state index is 0.738. The molecule has 0 aromatic heterocycles. The number of carbonyl (C=O) groups excluding carboxylic acids is 1. The number of unbranched alkanes of at least 4 members (excludes halogenated alkanes) is 1. The Morgan fingerprint density at radius 2 is 2.12 bits per heavy atom. The van der Waals surface area contributed by atoms with Crippen LogP contribution in [-0.4, -0.2) is 18.7 Å². The number of allylic oxidation sites excluding steroid dienone is 1. The first kappa shape index (κ1) is 13.2. The predicted molar refractivity (Wildman–Crippen MR) is 71.1 cm³/mol. The van der Waals surface area contributed by atoms with Gasteiger partial charge in [0.25, 0.3) is 0 Å². The molecule has 1 aromatic carbocycles. The molecule has 0 aliphatic carbocycles. The van der Waals surface area contributed by atoms with Gasteiger partial charge in [-0.15, -0.1) is 0 Å². The molecule has 1 N–H and O–H groups in total. The highest BCUT2D eigenvalue weighted by Gasteiger charge is 1.99. The smallest absolute Gasteiger partial charge is 0.144 e. The van der Waals surface area contributed by atoms with Crippen LogP contribution in [0.15, 0.2) is 47.6 Å². The number of aliphatic imine (C=N–C) groups is 1. The first-order valence-corrected chi connectivity index (χ1v) is 5.85. The van der Waals surface area contributed by atoms with E-state index in [2.05, 4.69) is 17.2 Å². The Balaban J connectivity index is 2.75. The van der Waals surface area contributed by atoms with Gasteiger partial charge in [0, 0.05) is 18.3 Å². The standard InChI is InChI=1S/C14H18N2O/c1-2-3-10-15-14(16-11-7-12-17)13-8-5-4-6-9-13/h4-9,11-12H,2-3,10H2,1H3,(H,15,16)/b11-7+. The van der Waals surface area contributed by atoms with Crippen molar-refractivity contribution in [2.24, 2.45) is 4.99 Å². The summed E-state index contributed by atoms with van der Waals surface area (Å²) in [6, 6.07) is 9.89. The van der Waals surface area contributed by atoms with Crippen LogP contribution in [0.5, 0.6) is 0 Å². The highest BCUT2D eigenvalue weighted by molar-refractivity contribution is 5.99.